The summed E-state index contributed by atoms with van der Waals surface area (Å²) in [6.45, 7) is 4.55. The molecule has 5 heteroatoms. The van der Waals surface area contributed by atoms with Gasteiger partial charge in [-0.3, -0.25) is 9.69 Å². The number of amides is 1. The van der Waals surface area contributed by atoms with Crippen LogP contribution in [0, 0.1) is 11.6 Å². The Labute approximate surface area is 141 Å². The summed E-state index contributed by atoms with van der Waals surface area (Å²) in [6.07, 6.45) is 0.937. The zero-order chi connectivity index (χ0) is 17.5. The van der Waals surface area contributed by atoms with E-state index in [9.17, 15) is 13.6 Å². The second kappa shape index (κ2) is 8.55. The molecule has 2 aromatic rings. The third-order valence-corrected chi connectivity index (χ3v) is 3.90. The van der Waals surface area contributed by atoms with Crippen LogP contribution in [0.5, 0.6) is 0 Å². The molecule has 0 radical (unpaired) electrons. The molecule has 0 aliphatic rings. The Balaban J connectivity index is 1.97. The van der Waals surface area contributed by atoms with Gasteiger partial charge in [0.2, 0.25) is 5.91 Å². The van der Waals surface area contributed by atoms with Gasteiger partial charge in [-0.1, -0.05) is 32.0 Å². The second-order valence-electron chi connectivity index (χ2n) is 5.60. The van der Waals surface area contributed by atoms with Crippen LogP contribution >= 0.6 is 0 Å². The van der Waals surface area contributed by atoms with Crippen molar-refractivity contribution >= 4 is 11.6 Å². The SMILES string of the molecule is CCc1ccc(NC(=O)CN(CC)Cc2c(F)cccc2F)cc1. The number of benzene rings is 2. The van der Waals surface area contributed by atoms with Crippen LogP contribution < -0.4 is 5.32 Å². The molecule has 0 unspecified atom stereocenters. The maximum atomic E-state index is 13.7. The van der Waals surface area contributed by atoms with Crippen molar-refractivity contribution in [1.82, 2.24) is 4.90 Å². The van der Waals surface area contributed by atoms with Gasteiger partial charge in [-0.2, -0.15) is 0 Å². The van der Waals surface area contributed by atoms with Crippen LogP contribution in [0.15, 0.2) is 42.5 Å². The number of carbonyl (C=O) groups is 1. The maximum absolute atomic E-state index is 13.7. The molecule has 2 aromatic carbocycles. The highest BCUT2D eigenvalue weighted by Crippen LogP contribution is 2.15. The Morgan fingerprint density at radius 3 is 2.21 bits per heavy atom. The van der Waals surface area contributed by atoms with Crippen molar-refractivity contribution in [1.29, 1.82) is 0 Å². The van der Waals surface area contributed by atoms with Crippen LogP contribution in [0.1, 0.15) is 25.0 Å². The van der Waals surface area contributed by atoms with Crippen LogP contribution in [0.4, 0.5) is 14.5 Å². The van der Waals surface area contributed by atoms with E-state index in [1.807, 2.05) is 31.2 Å². The molecule has 24 heavy (non-hydrogen) atoms. The Kier molecular flexibility index (Phi) is 6.44. The maximum Gasteiger partial charge on any atom is 0.238 e. The van der Waals surface area contributed by atoms with Crippen LogP contribution in [0.2, 0.25) is 0 Å². The van der Waals surface area contributed by atoms with Gasteiger partial charge >= 0.3 is 0 Å². The topological polar surface area (TPSA) is 32.3 Å². The first-order valence-corrected chi connectivity index (χ1v) is 8.07. The Morgan fingerprint density at radius 2 is 1.67 bits per heavy atom. The van der Waals surface area contributed by atoms with E-state index in [2.05, 4.69) is 12.2 Å². The number of hydrogen-bond acceptors (Lipinski definition) is 2. The number of aryl methyl sites for hydroxylation is 1. The molecule has 0 aliphatic heterocycles. The molecule has 0 heterocycles. The van der Waals surface area contributed by atoms with Gasteiger partial charge in [0.25, 0.3) is 0 Å². The van der Waals surface area contributed by atoms with E-state index in [-0.39, 0.29) is 24.6 Å². The summed E-state index contributed by atoms with van der Waals surface area (Å²) >= 11 is 0. The molecule has 0 aliphatic carbocycles. The van der Waals surface area contributed by atoms with Crippen molar-refractivity contribution in [3.8, 4) is 0 Å². The van der Waals surface area contributed by atoms with Gasteiger partial charge in [-0.05, 0) is 42.8 Å². The molecule has 0 spiro atoms. The number of hydrogen-bond donors (Lipinski definition) is 1. The molecule has 0 atom stereocenters. The molecule has 1 N–H and O–H groups in total. The summed E-state index contributed by atoms with van der Waals surface area (Å²) in [5.41, 5.74) is 1.89. The predicted octanol–water partition coefficient (Wildman–Crippen LogP) is 3.99. The lowest BCUT2D eigenvalue weighted by Crippen LogP contribution is -2.33. The summed E-state index contributed by atoms with van der Waals surface area (Å²) in [4.78, 5) is 13.8. The summed E-state index contributed by atoms with van der Waals surface area (Å²) in [5.74, 6) is -1.40. The normalized spacial score (nSPS) is 10.9. The summed E-state index contributed by atoms with van der Waals surface area (Å²) in [7, 11) is 0. The average molecular weight is 332 g/mol. The molecule has 128 valence electrons. The number of nitrogens with one attached hydrogen (secondary N) is 1. The van der Waals surface area contributed by atoms with Gasteiger partial charge in [0.15, 0.2) is 0 Å². The smallest absolute Gasteiger partial charge is 0.238 e. The largest absolute Gasteiger partial charge is 0.325 e. The summed E-state index contributed by atoms with van der Waals surface area (Å²) in [5, 5.41) is 2.80. The first kappa shape index (κ1) is 18.1. The van der Waals surface area contributed by atoms with Gasteiger partial charge in [-0.15, -0.1) is 0 Å². The van der Waals surface area contributed by atoms with Crippen molar-refractivity contribution in [2.24, 2.45) is 0 Å². The van der Waals surface area contributed by atoms with Gasteiger partial charge in [0.1, 0.15) is 11.6 Å². The molecule has 2 rings (SSSR count). The highest BCUT2D eigenvalue weighted by atomic mass is 19.1. The lowest BCUT2D eigenvalue weighted by molar-refractivity contribution is -0.117. The third-order valence-electron chi connectivity index (χ3n) is 3.90. The first-order chi connectivity index (χ1) is 11.5. The molecule has 1 amide bonds. The minimum Gasteiger partial charge on any atom is -0.325 e. The molecule has 0 fully saturated rings. The van der Waals surface area contributed by atoms with Crippen LogP contribution in [0.25, 0.3) is 0 Å². The molecular formula is C19H22F2N2O. The van der Waals surface area contributed by atoms with Crippen molar-refractivity contribution < 1.29 is 13.6 Å². The number of likely N-dealkylation sites (N-methyl/N-ethyl adjacent to an activating group) is 1. The van der Waals surface area contributed by atoms with E-state index < -0.39 is 11.6 Å². The van der Waals surface area contributed by atoms with Crippen LogP contribution in [0.3, 0.4) is 0 Å². The van der Waals surface area contributed by atoms with Gasteiger partial charge in [0, 0.05) is 17.8 Å². The molecule has 0 saturated carbocycles. The average Bonchev–Trinajstić information content (AvgIpc) is 2.58. The highest BCUT2D eigenvalue weighted by Gasteiger charge is 2.15. The minimum atomic E-state index is -0.594. The fourth-order valence-electron chi connectivity index (χ4n) is 2.41. The monoisotopic (exact) mass is 332 g/mol. The van der Waals surface area contributed by atoms with Crippen molar-refractivity contribution in [3.05, 3.63) is 65.2 Å². The number of rotatable bonds is 7. The standard InChI is InChI=1S/C19H22F2N2O/c1-3-14-8-10-15(11-9-14)22-19(24)13-23(4-2)12-16-17(20)6-5-7-18(16)21/h5-11H,3-4,12-13H2,1-2H3,(H,22,24). The number of anilines is 1. The molecule has 0 aromatic heterocycles. The quantitative estimate of drug-likeness (QED) is 0.831. The lowest BCUT2D eigenvalue weighted by Gasteiger charge is -2.20. The van der Waals surface area contributed by atoms with E-state index in [1.54, 1.807) is 4.90 Å². The van der Waals surface area contributed by atoms with E-state index in [0.29, 0.717) is 12.2 Å². The second-order valence-corrected chi connectivity index (χ2v) is 5.60. The van der Waals surface area contributed by atoms with Crippen molar-refractivity contribution in [3.63, 3.8) is 0 Å². The van der Waals surface area contributed by atoms with Gasteiger partial charge < -0.3 is 5.32 Å². The summed E-state index contributed by atoms with van der Waals surface area (Å²) in [6, 6.07) is 11.4. The molecular weight excluding hydrogens is 310 g/mol. The number of carbonyl (C=O) groups excluding carboxylic acids is 1. The zero-order valence-corrected chi connectivity index (χ0v) is 14.0. The Hall–Kier alpha value is -2.27. The third kappa shape index (κ3) is 4.86. The Bertz CT molecular complexity index is 666. The van der Waals surface area contributed by atoms with E-state index in [0.717, 1.165) is 6.42 Å². The fraction of sp³-hybridized carbons (Fsp3) is 0.316. The molecule has 0 saturated heterocycles. The van der Waals surface area contributed by atoms with Crippen molar-refractivity contribution in [2.75, 3.05) is 18.4 Å². The number of halogens is 2. The van der Waals surface area contributed by atoms with Gasteiger partial charge in [0.05, 0.1) is 6.54 Å². The summed E-state index contributed by atoms with van der Waals surface area (Å²) < 4.78 is 27.5. The zero-order valence-electron chi connectivity index (χ0n) is 14.0. The Morgan fingerprint density at radius 1 is 1.04 bits per heavy atom. The first-order valence-electron chi connectivity index (χ1n) is 8.07. The minimum absolute atomic E-state index is 0.0144. The van der Waals surface area contributed by atoms with Crippen LogP contribution in [-0.2, 0) is 17.8 Å². The number of nitrogens with zero attached hydrogens (tertiary/aromatic N) is 1. The van der Waals surface area contributed by atoms with E-state index >= 15 is 0 Å². The lowest BCUT2D eigenvalue weighted by atomic mass is 10.1. The fourth-order valence-corrected chi connectivity index (χ4v) is 2.41. The van der Waals surface area contributed by atoms with Crippen LogP contribution in [-0.4, -0.2) is 23.9 Å². The van der Waals surface area contributed by atoms with E-state index in [1.165, 1.54) is 23.8 Å². The van der Waals surface area contributed by atoms with Gasteiger partial charge in [-0.25, -0.2) is 8.78 Å². The molecule has 3 nitrogen and oxygen atoms in total. The highest BCUT2D eigenvalue weighted by molar-refractivity contribution is 5.92. The van der Waals surface area contributed by atoms with E-state index in [4.69, 9.17) is 0 Å². The van der Waals surface area contributed by atoms with Crippen molar-refractivity contribution in [2.45, 2.75) is 26.8 Å². The predicted molar refractivity (Wildman–Crippen MR) is 91.8 cm³/mol. The molecule has 0 bridgehead atoms.